The Hall–Kier alpha value is -3.01. The normalized spacial score (nSPS) is 12.6. The molecule has 0 spiro atoms. The molecule has 0 bridgehead atoms. The Morgan fingerprint density at radius 1 is 1.20 bits per heavy atom. The number of carbonyl (C=O) groups is 3. The highest BCUT2D eigenvalue weighted by atomic mass is 16.6. The molecule has 2 N–H and O–H groups in total. The third-order valence-corrected chi connectivity index (χ3v) is 3.46. The Bertz CT molecular complexity index is 643. The van der Waals surface area contributed by atoms with Crippen molar-refractivity contribution < 1.29 is 33.9 Å². The van der Waals surface area contributed by atoms with Crippen LogP contribution in [0.25, 0.3) is 0 Å². The van der Waals surface area contributed by atoms with Gasteiger partial charge >= 0.3 is 11.9 Å². The summed E-state index contributed by atoms with van der Waals surface area (Å²) in [7, 11) is 2.26. The maximum absolute atomic E-state index is 12.0. The van der Waals surface area contributed by atoms with Crippen LogP contribution in [0.3, 0.4) is 0 Å². The van der Waals surface area contributed by atoms with E-state index >= 15 is 0 Å². The average molecular weight is 354 g/mol. The molecule has 0 heterocycles. The molecule has 0 unspecified atom stereocenters. The second-order valence-corrected chi connectivity index (χ2v) is 4.96. The molecule has 1 aromatic rings. The van der Waals surface area contributed by atoms with Crippen LogP contribution in [0.1, 0.15) is 17.9 Å². The van der Waals surface area contributed by atoms with E-state index in [4.69, 9.17) is 5.11 Å². The number of benzene rings is 1. The quantitative estimate of drug-likeness (QED) is 0.374. The summed E-state index contributed by atoms with van der Waals surface area (Å²) >= 11 is 0. The zero-order chi connectivity index (χ0) is 19.0. The van der Waals surface area contributed by atoms with Gasteiger partial charge in [0.05, 0.1) is 25.6 Å². The summed E-state index contributed by atoms with van der Waals surface area (Å²) in [5, 5.41) is 21.9. The summed E-state index contributed by atoms with van der Waals surface area (Å²) in [5.41, 5.74) is 0.208. The topological polar surface area (TPSA) is 145 Å². The minimum Gasteiger partial charge on any atom is -0.469 e. The number of rotatable bonds is 8. The van der Waals surface area contributed by atoms with Crippen LogP contribution in [0.4, 0.5) is 5.69 Å². The molecule has 136 valence electrons. The fraction of sp³-hybridized carbons (Fsp3) is 0.400. The Morgan fingerprint density at radius 3 is 2.24 bits per heavy atom. The molecule has 10 heteroatoms. The lowest BCUT2D eigenvalue weighted by atomic mass is 9.88. The number of carbonyl (C=O) groups excluding carboxylic acids is 3. The first-order valence-electron chi connectivity index (χ1n) is 7.13. The van der Waals surface area contributed by atoms with Crippen molar-refractivity contribution in [3.8, 4) is 0 Å². The van der Waals surface area contributed by atoms with Crippen molar-refractivity contribution in [2.75, 3.05) is 20.8 Å². The van der Waals surface area contributed by atoms with Gasteiger partial charge in [0.2, 0.25) is 5.91 Å². The molecule has 1 rings (SSSR count). The molecule has 0 saturated heterocycles. The van der Waals surface area contributed by atoms with Gasteiger partial charge in [-0.15, -0.1) is 0 Å². The zero-order valence-corrected chi connectivity index (χ0v) is 13.6. The second kappa shape index (κ2) is 9.33. The fourth-order valence-electron chi connectivity index (χ4n) is 2.20. The summed E-state index contributed by atoms with van der Waals surface area (Å²) in [4.78, 5) is 45.4. The number of nitro benzene ring substituents is 1. The molecular weight excluding hydrogens is 336 g/mol. The number of hydrogen-bond acceptors (Lipinski definition) is 8. The summed E-state index contributed by atoms with van der Waals surface area (Å²) in [6, 6.07) is 3.87. The lowest BCUT2D eigenvalue weighted by molar-refractivity contribution is -0.384. The third kappa shape index (κ3) is 5.53. The molecule has 0 fully saturated rings. The van der Waals surface area contributed by atoms with Crippen molar-refractivity contribution in [2.45, 2.75) is 18.4 Å². The van der Waals surface area contributed by atoms with Crippen LogP contribution in [0.15, 0.2) is 24.3 Å². The van der Waals surface area contributed by atoms with E-state index in [-0.39, 0.29) is 12.1 Å². The van der Waals surface area contributed by atoms with Gasteiger partial charge in [0.15, 0.2) is 0 Å². The fourth-order valence-corrected chi connectivity index (χ4v) is 2.20. The predicted molar refractivity (Wildman–Crippen MR) is 83.5 cm³/mol. The highest BCUT2D eigenvalue weighted by Gasteiger charge is 2.34. The minimum absolute atomic E-state index is 0.172. The van der Waals surface area contributed by atoms with Crippen LogP contribution < -0.4 is 5.32 Å². The number of aliphatic hydroxyl groups is 1. The maximum atomic E-state index is 12.0. The van der Waals surface area contributed by atoms with E-state index in [9.17, 15) is 24.5 Å². The van der Waals surface area contributed by atoms with Crippen molar-refractivity contribution in [1.82, 2.24) is 5.32 Å². The van der Waals surface area contributed by atoms with Crippen LogP contribution in [0.5, 0.6) is 0 Å². The van der Waals surface area contributed by atoms with E-state index in [1.165, 1.54) is 24.3 Å². The Morgan fingerprint density at radius 2 is 1.80 bits per heavy atom. The van der Waals surface area contributed by atoms with Gasteiger partial charge in [-0.1, -0.05) is 12.1 Å². The molecule has 0 aliphatic heterocycles. The van der Waals surface area contributed by atoms with E-state index in [0.717, 1.165) is 14.2 Å². The first-order valence-corrected chi connectivity index (χ1v) is 7.13. The largest absolute Gasteiger partial charge is 0.469 e. The first kappa shape index (κ1) is 20.0. The Kier molecular flexibility index (Phi) is 7.47. The van der Waals surface area contributed by atoms with E-state index < -0.39 is 41.3 Å². The standard InChI is InChI=1S/C15H18N2O8/c1-24-13(20)7-11(9-3-5-10(6-4-9)17(22)23)14(15(21)25-2)16-12(19)8-18/h3-6,11,14,18H,7-8H2,1-2H3,(H,16,19)/t11-,14-/m1/s1. The van der Waals surface area contributed by atoms with Gasteiger partial charge < -0.3 is 19.9 Å². The van der Waals surface area contributed by atoms with Crippen LogP contribution in [0, 0.1) is 10.1 Å². The van der Waals surface area contributed by atoms with Crippen LogP contribution in [0.2, 0.25) is 0 Å². The van der Waals surface area contributed by atoms with Crippen molar-refractivity contribution in [3.05, 3.63) is 39.9 Å². The molecule has 0 aliphatic rings. The van der Waals surface area contributed by atoms with Crippen molar-refractivity contribution in [3.63, 3.8) is 0 Å². The number of non-ortho nitro benzene ring substituents is 1. The lowest BCUT2D eigenvalue weighted by Crippen LogP contribution is -2.47. The second-order valence-electron chi connectivity index (χ2n) is 4.96. The molecule has 0 saturated carbocycles. The Labute approximate surface area is 142 Å². The first-order chi connectivity index (χ1) is 11.8. The molecule has 0 aromatic heterocycles. The van der Waals surface area contributed by atoms with Crippen molar-refractivity contribution >= 4 is 23.5 Å². The van der Waals surface area contributed by atoms with Gasteiger partial charge in [-0.25, -0.2) is 4.79 Å². The number of esters is 2. The molecule has 0 radical (unpaired) electrons. The number of methoxy groups -OCH3 is 2. The number of amides is 1. The summed E-state index contributed by atoms with van der Waals surface area (Å²) in [6.07, 6.45) is -0.292. The van der Waals surface area contributed by atoms with Gasteiger partial charge in [-0.2, -0.15) is 0 Å². The Balaban J connectivity index is 3.26. The summed E-state index contributed by atoms with van der Waals surface area (Å²) in [5.74, 6) is -3.24. The molecular formula is C15H18N2O8. The van der Waals surface area contributed by atoms with Gasteiger partial charge in [-0.05, 0) is 5.56 Å². The number of nitrogens with one attached hydrogen (secondary N) is 1. The number of nitrogens with zero attached hydrogens (tertiary/aromatic N) is 1. The van der Waals surface area contributed by atoms with E-state index in [1.54, 1.807) is 0 Å². The predicted octanol–water partition coefficient (Wildman–Crippen LogP) is -0.108. The highest BCUT2D eigenvalue weighted by molar-refractivity contribution is 5.86. The molecule has 1 amide bonds. The number of nitro groups is 1. The SMILES string of the molecule is COC(=O)C[C@H](c1ccc([N+](=O)[O-])cc1)[C@@H](NC(=O)CO)C(=O)OC. The van der Waals surface area contributed by atoms with Gasteiger partial charge in [-0.3, -0.25) is 19.7 Å². The number of ether oxygens (including phenoxy) is 2. The van der Waals surface area contributed by atoms with Crippen LogP contribution in [-0.2, 0) is 23.9 Å². The molecule has 25 heavy (non-hydrogen) atoms. The van der Waals surface area contributed by atoms with E-state index in [2.05, 4.69) is 14.8 Å². The number of aliphatic hydroxyl groups excluding tert-OH is 1. The van der Waals surface area contributed by atoms with E-state index in [1.807, 2.05) is 0 Å². The zero-order valence-electron chi connectivity index (χ0n) is 13.6. The average Bonchev–Trinajstić information content (AvgIpc) is 2.63. The molecule has 0 aliphatic carbocycles. The van der Waals surface area contributed by atoms with Crippen molar-refractivity contribution in [1.29, 1.82) is 0 Å². The van der Waals surface area contributed by atoms with Crippen LogP contribution in [-0.4, -0.2) is 54.7 Å². The summed E-state index contributed by atoms with van der Waals surface area (Å²) in [6.45, 7) is -0.862. The monoisotopic (exact) mass is 354 g/mol. The third-order valence-electron chi connectivity index (χ3n) is 3.46. The van der Waals surface area contributed by atoms with Gasteiger partial charge in [0, 0.05) is 18.1 Å². The van der Waals surface area contributed by atoms with Gasteiger partial charge in [0.25, 0.3) is 5.69 Å². The molecule has 2 atom stereocenters. The molecule has 1 aromatic carbocycles. The highest BCUT2D eigenvalue weighted by Crippen LogP contribution is 2.27. The van der Waals surface area contributed by atoms with E-state index in [0.29, 0.717) is 5.56 Å². The van der Waals surface area contributed by atoms with Crippen molar-refractivity contribution in [2.24, 2.45) is 0 Å². The smallest absolute Gasteiger partial charge is 0.329 e. The maximum Gasteiger partial charge on any atom is 0.329 e. The summed E-state index contributed by atoms with van der Waals surface area (Å²) < 4.78 is 9.24. The van der Waals surface area contributed by atoms with Crippen LogP contribution >= 0.6 is 0 Å². The van der Waals surface area contributed by atoms with Gasteiger partial charge in [0.1, 0.15) is 12.6 Å². The minimum atomic E-state index is -1.29. The lowest BCUT2D eigenvalue weighted by Gasteiger charge is -2.25. The molecule has 10 nitrogen and oxygen atoms in total. The number of hydrogen-bond donors (Lipinski definition) is 2.